The zero-order chi connectivity index (χ0) is 31.8. The second kappa shape index (κ2) is 15.1. The molecule has 8 nitrogen and oxygen atoms in total. The van der Waals surface area contributed by atoms with Gasteiger partial charge in [0, 0.05) is 52.0 Å². The molecule has 2 N–H and O–H groups in total. The third-order valence-corrected chi connectivity index (χ3v) is 8.77. The predicted octanol–water partition coefficient (Wildman–Crippen LogP) is 6.72. The number of carbonyl (C=O) groups excluding carboxylic acids is 2. The predicted molar refractivity (Wildman–Crippen MR) is 178 cm³/mol. The Labute approximate surface area is 266 Å². The number of urea groups is 1. The molecule has 1 fully saturated rings. The molecule has 0 aromatic heterocycles. The number of rotatable bonds is 10. The Kier molecular flexibility index (Phi) is 10.7. The Morgan fingerprint density at radius 1 is 0.911 bits per heavy atom. The Hall–Kier alpha value is -4.40. The van der Waals surface area contributed by atoms with Crippen LogP contribution in [0.5, 0.6) is 0 Å². The molecule has 1 saturated carbocycles. The minimum atomic E-state index is -0.301. The third-order valence-electron chi connectivity index (χ3n) is 8.77. The Morgan fingerprint density at radius 3 is 2.33 bits per heavy atom. The summed E-state index contributed by atoms with van der Waals surface area (Å²) in [5.41, 5.74) is 5.01. The molecule has 238 valence electrons. The molecular weight excluding hydrogens is 567 g/mol. The van der Waals surface area contributed by atoms with Gasteiger partial charge in [-0.25, -0.2) is 14.2 Å². The third kappa shape index (κ3) is 8.21. The standard InChI is InChI=1S/C36H45FN6O2/c1-41(2)36(45)38-22-9-23-42(3)35-40-32-13-8-7-12-31(32)33(24-34(44)39-25-26-14-18-29(37)19-15-26)43(35)30-20-16-28(17-21-30)27-10-5-4-6-11-27/h7-8,12-21,27,33H,4-6,9-11,22-25H2,1-3H3,(H,38,45)(H,39,44). The van der Waals surface area contributed by atoms with Crippen LogP contribution < -0.4 is 15.5 Å². The summed E-state index contributed by atoms with van der Waals surface area (Å²) in [6.07, 6.45) is 7.28. The van der Waals surface area contributed by atoms with Gasteiger partial charge in [-0.3, -0.25) is 4.79 Å². The van der Waals surface area contributed by atoms with Crippen LogP contribution in [-0.2, 0) is 11.3 Å². The number of amides is 3. The zero-order valence-corrected chi connectivity index (χ0v) is 26.6. The molecule has 3 amide bonds. The lowest BCUT2D eigenvalue weighted by Crippen LogP contribution is -2.48. The Morgan fingerprint density at radius 2 is 1.62 bits per heavy atom. The second-order valence-corrected chi connectivity index (χ2v) is 12.3. The van der Waals surface area contributed by atoms with E-state index in [4.69, 9.17) is 4.99 Å². The van der Waals surface area contributed by atoms with E-state index in [1.165, 1.54) is 54.7 Å². The van der Waals surface area contributed by atoms with E-state index in [0.717, 1.165) is 34.9 Å². The first-order valence-corrected chi connectivity index (χ1v) is 16.0. The molecule has 9 heteroatoms. The van der Waals surface area contributed by atoms with E-state index in [0.29, 0.717) is 25.6 Å². The van der Waals surface area contributed by atoms with Crippen molar-refractivity contribution in [1.29, 1.82) is 0 Å². The second-order valence-electron chi connectivity index (χ2n) is 12.3. The van der Waals surface area contributed by atoms with Gasteiger partial charge in [-0.05, 0) is 66.6 Å². The number of benzene rings is 3. The van der Waals surface area contributed by atoms with Crippen LogP contribution in [0.15, 0.2) is 77.8 Å². The molecule has 1 aliphatic carbocycles. The summed E-state index contributed by atoms with van der Waals surface area (Å²) >= 11 is 0. The molecule has 1 aliphatic heterocycles. The van der Waals surface area contributed by atoms with Crippen LogP contribution in [0.4, 0.5) is 20.6 Å². The molecule has 5 rings (SSSR count). The number of nitrogens with one attached hydrogen (secondary N) is 2. The average Bonchev–Trinajstić information content (AvgIpc) is 3.06. The van der Waals surface area contributed by atoms with Gasteiger partial charge in [-0.15, -0.1) is 0 Å². The summed E-state index contributed by atoms with van der Waals surface area (Å²) in [4.78, 5) is 36.5. The number of aliphatic imine (C=N–C) groups is 1. The van der Waals surface area contributed by atoms with Gasteiger partial charge in [0.25, 0.3) is 0 Å². The maximum Gasteiger partial charge on any atom is 0.316 e. The number of carbonyl (C=O) groups is 2. The van der Waals surface area contributed by atoms with Crippen molar-refractivity contribution in [1.82, 2.24) is 20.4 Å². The van der Waals surface area contributed by atoms with E-state index in [9.17, 15) is 14.0 Å². The van der Waals surface area contributed by atoms with Crippen LogP contribution >= 0.6 is 0 Å². The highest BCUT2D eigenvalue weighted by Gasteiger charge is 2.34. The first-order chi connectivity index (χ1) is 21.8. The number of guanidine groups is 1. The van der Waals surface area contributed by atoms with Crippen molar-refractivity contribution in [2.75, 3.05) is 39.1 Å². The quantitative estimate of drug-likeness (QED) is 0.249. The van der Waals surface area contributed by atoms with Crippen LogP contribution in [0, 0.1) is 5.82 Å². The monoisotopic (exact) mass is 612 g/mol. The highest BCUT2D eigenvalue weighted by atomic mass is 19.1. The maximum absolute atomic E-state index is 13.5. The number of fused-ring (bicyclic) bond motifs is 1. The molecule has 3 aromatic carbocycles. The highest BCUT2D eigenvalue weighted by Crippen LogP contribution is 2.41. The summed E-state index contributed by atoms with van der Waals surface area (Å²) in [6, 6.07) is 22.6. The van der Waals surface area contributed by atoms with Crippen molar-refractivity contribution in [3.63, 3.8) is 0 Å². The van der Waals surface area contributed by atoms with E-state index < -0.39 is 0 Å². The fraction of sp³-hybridized carbons (Fsp3) is 0.417. The van der Waals surface area contributed by atoms with E-state index >= 15 is 0 Å². The first-order valence-electron chi connectivity index (χ1n) is 16.0. The normalized spacial score (nSPS) is 16.4. The summed E-state index contributed by atoms with van der Waals surface area (Å²) in [6.45, 7) is 1.52. The van der Waals surface area contributed by atoms with Gasteiger partial charge in [-0.2, -0.15) is 0 Å². The van der Waals surface area contributed by atoms with Crippen LogP contribution in [0.2, 0.25) is 0 Å². The average molecular weight is 613 g/mol. The first kappa shape index (κ1) is 32.0. The summed E-state index contributed by atoms with van der Waals surface area (Å²) < 4.78 is 13.4. The zero-order valence-electron chi connectivity index (χ0n) is 26.6. The van der Waals surface area contributed by atoms with Crippen molar-refractivity contribution in [3.8, 4) is 0 Å². The van der Waals surface area contributed by atoms with Crippen LogP contribution in [0.3, 0.4) is 0 Å². The fourth-order valence-electron chi connectivity index (χ4n) is 6.24. The number of nitrogens with zero attached hydrogens (tertiary/aromatic N) is 4. The molecule has 0 radical (unpaired) electrons. The van der Waals surface area contributed by atoms with E-state index in [-0.39, 0.29) is 30.2 Å². The van der Waals surface area contributed by atoms with Crippen LogP contribution in [0.25, 0.3) is 0 Å². The SMILES string of the molecule is CN(C)C(=O)NCCCN(C)C1=Nc2ccccc2C(CC(=O)NCc2ccc(F)cc2)N1c1ccc(C2CCCCC2)cc1. The van der Waals surface area contributed by atoms with Crippen LogP contribution in [0.1, 0.15) is 73.6 Å². The van der Waals surface area contributed by atoms with Gasteiger partial charge < -0.3 is 25.3 Å². The summed E-state index contributed by atoms with van der Waals surface area (Å²) in [5, 5.41) is 5.98. The van der Waals surface area contributed by atoms with Gasteiger partial charge in [0.05, 0.1) is 18.2 Å². The molecule has 1 heterocycles. The molecule has 45 heavy (non-hydrogen) atoms. The van der Waals surface area contributed by atoms with Crippen molar-refractivity contribution >= 4 is 29.3 Å². The maximum atomic E-state index is 13.5. The number of hydrogen-bond acceptors (Lipinski definition) is 5. The highest BCUT2D eigenvalue weighted by molar-refractivity contribution is 6.01. The minimum Gasteiger partial charge on any atom is -0.352 e. The number of hydrogen-bond donors (Lipinski definition) is 2. The van der Waals surface area contributed by atoms with E-state index in [2.05, 4.69) is 44.7 Å². The van der Waals surface area contributed by atoms with Gasteiger partial charge >= 0.3 is 6.03 Å². The Bertz CT molecular complexity index is 1470. The smallest absolute Gasteiger partial charge is 0.316 e. The fourth-order valence-corrected chi connectivity index (χ4v) is 6.24. The van der Waals surface area contributed by atoms with Gasteiger partial charge in [0.2, 0.25) is 11.9 Å². The molecule has 3 aromatic rings. The Balaban J connectivity index is 1.41. The van der Waals surface area contributed by atoms with Gasteiger partial charge in [0.1, 0.15) is 5.82 Å². The lowest BCUT2D eigenvalue weighted by Gasteiger charge is -2.41. The van der Waals surface area contributed by atoms with E-state index in [1.807, 2.05) is 31.3 Å². The van der Waals surface area contributed by atoms with Crippen molar-refractivity contribution in [2.45, 2.75) is 63.5 Å². The lowest BCUT2D eigenvalue weighted by molar-refractivity contribution is -0.121. The molecule has 1 atom stereocenters. The molecule has 0 bridgehead atoms. The van der Waals surface area contributed by atoms with Gasteiger partial charge in [-0.1, -0.05) is 61.7 Å². The van der Waals surface area contributed by atoms with Crippen molar-refractivity contribution in [2.24, 2.45) is 4.99 Å². The summed E-state index contributed by atoms with van der Waals surface area (Å²) in [5.74, 6) is 0.953. The molecule has 2 aliphatic rings. The lowest BCUT2D eigenvalue weighted by atomic mass is 9.84. The van der Waals surface area contributed by atoms with Crippen LogP contribution in [-0.4, -0.2) is 61.9 Å². The number of para-hydroxylation sites is 1. The van der Waals surface area contributed by atoms with Crippen molar-refractivity contribution < 1.29 is 14.0 Å². The molecule has 0 saturated heterocycles. The topological polar surface area (TPSA) is 80.3 Å². The van der Waals surface area contributed by atoms with Crippen molar-refractivity contribution in [3.05, 3.63) is 95.3 Å². The number of halogens is 1. The van der Waals surface area contributed by atoms with E-state index in [1.54, 1.807) is 26.2 Å². The molecular formula is C36H45FN6O2. The number of anilines is 1. The minimum absolute atomic E-state index is 0.0988. The molecule has 0 spiro atoms. The summed E-state index contributed by atoms with van der Waals surface area (Å²) in [7, 11) is 5.46. The molecule has 1 unspecified atom stereocenters. The van der Waals surface area contributed by atoms with Gasteiger partial charge in [0.15, 0.2) is 0 Å². The largest absolute Gasteiger partial charge is 0.352 e.